The zero-order chi connectivity index (χ0) is 24.7. The molecular weight excluding hydrogens is 482 g/mol. The normalized spacial score (nSPS) is 21.4. The average Bonchev–Trinajstić information content (AvgIpc) is 3.44. The van der Waals surface area contributed by atoms with Crippen LogP contribution in [-0.2, 0) is 17.9 Å². The Bertz CT molecular complexity index is 1220. The minimum atomic E-state index is -4.43. The zero-order valence-electron chi connectivity index (χ0n) is 19.2. The Kier molecular flexibility index (Phi) is 6.47. The second-order valence-corrected chi connectivity index (χ2v) is 10.5. The van der Waals surface area contributed by atoms with E-state index < -0.39 is 24.9 Å². The fraction of sp³-hybridized carbons (Fsp3) is 0.500. The number of fused-ring (bicyclic) bond motifs is 1. The van der Waals surface area contributed by atoms with Crippen molar-refractivity contribution in [3.05, 3.63) is 35.3 Å². The second-order valence-electron chi connectivity index (χ2n) is 9.41. The van der Waals surface area contributed by atoms with Crippen LogP contribution in [0.3, 0.4) is 0 Å². The lowest BCUT2D eigenvalue weighted by atomic mass is 10.0. The number of rotatable bonds is 7. The second kappa shape index (κ2) is 9.42. The molecule has 1 aliphatic heterocycles. The molecule has 0 bridgehead atoms. The molecule has 2 aromatic heterocycles. The van der Waals surface area contributed by atoms with E-state index in [9.17, 15) is 22.4 Å². The molecule has 0 unspecified atom stereocenters. The first-order chi connectivity index (χ1) is 16.7. The Labute approximate surface area is 204 Å². The van der Waals surface area contributed by atoms with Crippen LogP contribution in [0.25, 0.3) is 21.6 Å². The standard InChI is InChI=1S/C24H27F4N5OS/c1-32-8-7-19(17(25)12-32)31-18-3-2-4-20-16(18)9-21(33(20)13-24(26,27)28)23-30-11-15(35-23)10-29-22(34)14-5-6-14/h2-4,9,11,14,17,19,31H,5-8,10,12-13H2,1H3,(H,29,34)/t17-,19+/m0/s1. The van der Waals surface area contributed by atoms with E-state index in [1.165, 1.54) is 15.9 Å². The van der Waals surface area contributed by atoms with Crippen LogP contribution in [0.15, 0.2) is 30.5 Å². The highest BCUT2D eigenvalue weighted by atomic mass is 32.1. The average molecular weight is 510 g/mol. The monoisotopic (exact) mass is 509 g/mol. The number of likely N-dealkylation sites (tertiary alicyclic amines) is 1. The molecule has 2 fully saturated rings. The van der Waals surface area contributed by atoms with Gasteiger partial charge in [-0.15, -0.1) is 11.3 Å². The van der Waals surface area contributed by atoms with Crippen molar-refractivity contribution < 1.29 is 22.4 Å². The minimum Gasteiger partial charge on any atom is -0.379 e. The van der Waals surface area contributed by atoms with E-state index in [0.717, 1.165) is 24.3 Å². The fourth-order valence-corrected chi connectivity index (χ4v) is 5.41. The number of piperidine rings is 1. The first-order valence-electron chi connectivity index (χ1n) is 11.7. The smallest absolute Gasteiger partial charge is 0.379 e. The van der Waals surface area contributed by atoms with Gasteiger partial charge in [-0.3, -0.25) is 4.79 Å². The number of amides is 1. The maximum atomic E-state index is 14.6. The Balaban J connectivity index is 1.46. The number of hydrogen-bond acceptors (Lipinski definition) is 5. The van der Waals surface area contributed by atoms with Crippen LogP contribution >= 0.6 is 11.3 Å². The van der Waals surface area contributed by atoms with Crippen LogP contribution in [0.2, 0.25) is 0 Å². The van der Waals surface area contributed by atoms with Crippen LogP contribution in [0.5, 0.6) is 0 Å². The third-order valence-electron chi connectivity index (χ3n) is 6.53. The van der Waals surface area contributed by atoms with Crippen molar-refractivity contribution in [1.29, 1.82) is 0 Å². The summed E-state index contributed by atoms with van der Waals surface area (Å²) in [4.78, 5) is 19.0. The molecule has 2 aliphatic rings. The highest BCUT2D eigenvalue weighted by molar-refractivity contribution is 7.15. The van der Waals surface area contributed by atoms with E-state index in [1.54, 1.807) is 30.5 Å². The maximum Gasteiger partial charge on any atom is 0.406 e. The summed E-state index contributed by atoms with van der Waals surface area (Å²) in [5, 5.41) is 7.14. The Morgan fingerprint density at radius 1 is 1.26 bits per heavy atom. The predicted molar refractivity (Wildman–Crippen MR) is 128 cm³/mol. The largest absolute Gasteiger partial charge is 0.406 e. The molecule has 1 saturated heterocycles. The Morgan fingerprint density at radius 3 is 2.77 bits per heavy atom. The molecule has 2 atom stereocenters. The van der Waals surface area contributed by atoms with Gasteiger partial charge >= 0.3 is 6.18 Å². The van der Waals surface area contributed by atoms with Crippen molar-refractivity contribution in [1.82, 2.24) is 19.8 Å². The van der Waals surface area contributed by atoms with E-state index in [2.05, 4.69) is 15.6 Å². The molecule has 35 heavy (non-hydrogen) atoms. The van der Waals surface area contributed by atoms with Crippen LogP contribution in [0.4, 0.5) is 23.2 Å². The summed E-state index contributed by atoms with van der Waals surface area (Å²) >= 11 is 1.26. The molecule has 6 nitrogen and oxygen atoms in total. The molecule has 5 rings (SSSR count). The van der Waals surface area contributed by atoms with Crippen molar-refractivity contribution in [3.8, 4) is 10.7 Å². The van der Waals surface area contributed by atoms with Gasteiger partial charge in [-0.05, 0) is 44.5 Å². The first kappa shape index (κ1) is 24.1. The quantitative estimate of drug-likeness (QED) is 0.449. The summed E-state index contributed by atoms with van der Waals surface area (Å²) in [7, 11) is 1.87. The van der Waals surface area contributed by atoms with E-state index in [-0.39, 0.29) is 11.8 Å². The van der Waals surface area contributed by atoms with Crippen LogP contribution in [0.1, 0.15) is 24.1 Å². The number of aromatic nitrogens is 2. The van der Waals surface area contributed by atoms with Gasteiger partial charge in [0, 0.05) is 41.2 Å². The van der Waals surface area contributed by atoms with Gasteiger partial charge in [0.2, 0.25) is 5.91 Å². The molecule has 1 aliphatic carbocycles. The minimum absolute atomic E-state index is 0.00178. The molecular formula is C24H27F4N5OS. The molecule has 3 heterocycles. The third kappa shape index (κ3) is 5.45. The van der Waals surface area contributed by atoms with Gasteiger partial charge in [-0.25, -0.2) is 9.37 Å². The summed E-state index contributed by atoms with van der Waals surface area (Å²) in [6.45, 7) is 0.191. The Hall–Kier alpha value is -2.66. The van der Waals surface area contributed by atoms with Crippen molar-refractivity contribution in [2.45, 2.75) is 50.7 Å². The molecule has 188 valence electrons. The molecule has 1 amide bonds. The lowest BCUT2D eigenvalue weighted by molar-refractivity contribution is -0.139. The number of thiazole rings is 1. The molecule has 1 aromatic carbocycles. The number of alkyl halides is 4. The molecule has 3 aromatic rings. The molecule has 2 N–H and O–H groups in total. The van der Waals surface area contributed by atoms with E-state index in [4.69, 9.17) is 0 Å². The Morgan fingerprint density at radius 2 is 2.06 bits per heavy atom. The van der Waals surface area contributed by atoms with Gasteiger partial charge in [0.25, 0.3) is 0 Å². The van der Waals surface area contributed by atoms with Crippen molar-refractivity contribution in [3.63, 3.8) is 0 Å². The lowest BCUT2D eigenvalue weighted by Crippen LogP contribution is -2.46. The van der Waals surface area contributed by atoms with Crippen molar-refractivity contribution in [2.75, 3.05) is 25.5 Å². The van der Waals surface area contributed by atoms with Gasteiger partial charge < -0.3 is 20.1 Å². The molecule has 0 spiro atoms. The van der Waals surface area contributed by atoms with Gasteiger partial charge in [0.05, 0.1) is 23.8 Å². The summed E-state index contributed by atoms with van der Waals surface area (Å²) < 4.78 is 56.5. The van der Waals surface area contributed by atoms with Crippen LogP contribution < -0.4 is 10.6 Å². The summed E-state index contributed by atoms with van der Waals surface area (Å²) in [6, 6.07) is 6.38. The number of nitrogens with zero attached hydrogens (tertiary/aromatic N) is 3. The van der Waals surface area contributed by atoms with Crippen molar-refractivity contribution >= 4 is 33.8 Å². The van der Waals surface area contributed by atoms with Gasteiger partial charge in [-0.1, -0.05) is 6.07 Å². The van der Waals surface area contributed by atoms with Crippen LogP contribution in [-0.4, -0.2) is 58.9 Å². The van der Waals surface area contributed by atoms with Gasteiger partial charge in [0.15, 0.2) is 0 Å². The van der Waals surface area contributed by atoms with Gasteiger partial charge in [-0.2, -0.15) is 13.2 Å². The number of carbonyl (C=O) groups is 1. The molecule has 11 heteroatoms. The summed E-state index contributed by atoms with van der Waals surface area (Å²) in [6.07, 6.45) is -1.52. The zero-order valence-corrected chi connectivity index (χ0v) is 20.1. The molecule has 0 radical (unpaired) electrons. The number of nitrogens with one attached hydrogen (secondary N) is 2. The number of halogens is 4. The van der Waals surface area contributed by atoms with Crippen molar-refractivity contribution in [2.24, 2.45) is 5.92 Å². The number of anilines is 1. The highest BCUT2D eigenvalue weighted by Gasteiger charge is 2.32. The highest BCUT2D eigenvalue weighted by Crippen LogP contribution is 2.37. The van der Waals surface area contributed by atoms with Crippen LogP contribution in [0, 0.1) is 5.92 Å². The third-order valence-corrected chi connectivity index (χ3v) is 7.55. The van der Waals surface area contributed by atoms with E-state index in [1.807, 2.05) is 11.9 Å². The summed E-state index contributed by atoms with van der Waals surface area (Å²) in [5.74, 6) is 0.0815. The first-order valence-corrected chi connectivity index (χ1v) is 12.5. The molecule has 1 saturated carbocycles. The van der Waals surface area contributed by atoms with Gasteiger partial charge in [0.1, 0.15) is 17.7 Å². The number of hydrogen-bond donors (Lipinski definition) is 2. The predicted octanol–water partition coefficient (Wildman–Crippen LogP) is 4.81. The lowest BCUT2D eigenvalue weighted by Gasteiger charge is -2.33. The fourth-order valence-electron chi connectivity index (χ4n) is 4.53. The van der Waals surface area contributed by atoms with E-state index >= 15 is 0 Å². The maximum absolute atomic E-state index is 14.6. The SMILES string of the molecule is CN1CC[C@@H](Nc2cccc3c2cc(-c2ncc(CNC(=O)C4CC4)s2)n3CC(F)(F)F)[C@@H](F)C1. The topological polar surface area (TPSA) is 62.2 Å². The van der Waals surface area contributed by atoms with E-state index in [0.29, 0.717) is 46.8 Å². The number of carbonyl (C=O) groups excluding carboxylic acids is 1. The summed E-state index contributed by atoms with van der Waals surface area (Å²) in [5.41, 5.74) is 1.36. The number of benzene rings is 1.